The van der Waals surface area contributed by atoms with Gasteiger partial charge in [-0.05, 0) is 46.3 Å². The molecule has 0 saturated carbocycles. The first kappa shape index (κ1) is 23.4. The van der Waals surface area contributed by atoms with Crippen LogP contribution in [0, 0.1) is 0 Å². The summed E-state index contributed by atoms with van der Waals surface area (Å²) in [6.07, 6.45) is 0.956. The number of amides is 3. The van der Waals surface area contributed by atoms with Gasteiger partial charge < -0.3 is 15.5 Å². The van der Waals surface area contributed by atoms with E-state index in [1.165, 1.54) is 32.2 Å². The Hall–Kier alpha value is -2.92. The first-order valence-corrected chi connectivity index (χ1v) is 11.3. The molecule has 0 bridgehead atoms. The third-order valence-corrected chi connectivity index (χ3v) is 5.02. The summed E-state index contributed by atoms with van der Waals surface area (Å²) in [5, 5.41) is 5.23. The smallest absolute Gasteiger partial charge is 0.256 e. The van der Waals surface area contributed by atoms with E-state index in [-0.39, 0.29) is 23.7 Å². The van der Waals surface area contributed by atoms with Gasteiger partial charge in [-0.25, -0.2) is 8.42 Å². The van der Waals surface area contributed by atoms with Gasteiger partial charge in [-0.15, -0.1) is 0 Å². The lowest BCUT2D eigenvalue weighted by molar-refractivity contribution is -0.116. The van der Waals surface area contributed by atoms with Crippen molar-refractivity contribution >= 4 is 60.7 Å². The van der Waals surface area contributed by atoms with Gasteiger partial charge in [-0.3, -0.25) is 19.1 Å². The number of carbonyl (C=O) groups is 3. The molecule has 0 radical (unpaired) electrons. The second kappa shape index (κ2) is 9.72. The largest absolute Gasteiger partial charge is 0.332 e. The van der Waals surface area contributed by atoms with Crippen LogP contribution in [0.25, 0.3) is 0 Å². The molecule has 0 atom stereocenters. The molecule has 3 N–H and O–H groups in total. The van der Waals surface area contributed by atoms with Crippen molar-refractivity contribution in [1.82, 2.24) is 4.90 Å². The average Bonchev–Trinajstić information content (AvgIpc) is 2.62. The van der Waals surface area contributed by atoms with E-state index in [4.69, 9.17) is 0 Å². The monoisotopic (exact) mass is 496 g/mol. The molecule has 9 nitrogen and oxygen atoms in total. The Morgan fingerprint density at radius 1 is 1.03 bits per heavy atom. The summed E-state index contributed by atoms with van der Waals surface area (Å²) in [5.74, 6) is -1.39. The number of nitrogens with one attached hydrogen (secondary N) is 3. The molecule has 2 aromatic rings. The van der Waals surface area contributed by atoms with Crippen molar-refractivity contribution in [2.24, 2.45) is 0 Å². The van der Waals surface area contributed by atoms with Gasteiger partial charge in [0.1, 0.15) is 0 Å². The molecule has 0 heterocycles. The topological polar surface area (TPSA) is 125 Å². The molecule has 30 heavy (non-hydrogen) atoms. The van der Waals surface area contributed by atoms with Gasteiger partial charge in [-0.2, -0.15) is 0 Å². The number of anilines is 3. The summed E-state index contributed by atoms with van der Waals surface area (Å²) in [5.41, 5.74) is 0.893. The number of hydrogen-bond acceptors (Lipinski definition) is 5. The summed E-state index contributed by atoms with van der Waals surface area (Å²) in [7, 11) is -2.24. The standard InChI is InChI=1S/C19H21BrN4O5S/c1-12(25)21-13-8-9-16(23-30(3,28)29)14(10-13)19(27)24(2)11-18(26)22-17-7-5-4-6-15(17)20/h4-10,23H,11H2,1-3H3,(H,21,25)(H,22,26). The van der Waals surface area contributed by atoms with Crippen LogP contribution in [0.5, 0.6) is 0 Å². The van der Waals surface area contributed by atoms with Crippen LogP contribution in [-0.4, -0.2) is 50.9 Å². The highest BCUT2D eigenvalue weighted by Crippen LogP contribution is 2.24. The lowest BCUT2D eigenvalue weighted by Gasteiger charge is -2.20. The number of nitrogens with zero attached hydrogens (tertiary/aromatic N) is 1. The van der Waals surface area contributed by atoms with E-state index in [1.807, 2.05) is 0 Å². The van der Waals surface area contributed by atoms with Crippen LogP contribution in [0.15, 0.2) is 46.9 Å². The van der Waals surface area contributed by atoms with Gasteiger partial charge in [0, 0.05) is 24.1 Å². The quantitative estimate of drug-likeness (QED) is 0.542. The molecule has 2 aromatic carbocycles. The van der Waals surface area contributed by atoms with E-state index in [1.54, 1.807) is 24.3 Å². The van der Waals surface area contributed by atoms with Crippen molar-refractivity contribution in [2.45, 2.75) is 6.92 Å². The first-order chi connectivity index (χ1) is 14.0. The van der Waals surface area contributed by atoms with Crippen molar-refractivity contribution in [3.63, 3.8) is 0 Å². The molecule has 0 aliphatic carbocycles. The van der Waals surface area contributed by atoms with Crippen LogP contribution in [0.3, 0.4) is 0 Å². The Bertz CT molecular complexity index is 1090. The minimum absolute atomic E-state index is 0.0112. The molecule has 2 rings (SSSR count). The van der Waals surface area contributed by atoms with Crippen molar-refractivity contribution in [3.8, 4) is 0 Å². The molecule has 0 aliphatic rings. The van der Waals surface area contributed by atoms with Crippen LogP contribution < -0.4 is 15.4 Å². The molecule has 11 heteroatoms. The lowest BCUT2D eigenvalue weighted by atomic mass is 10.1. The zero-order valence-corrected chi connectivity index (χ0v) is 18.9. The second-order valence-electron chi connectivity index (χ2n) is 6.51. The summed E-state index contributed by atoms with van der Waals surface area (Å²) in [6, 6.07) is 11.2. The van der Waals surface area contributed by atoms with Gasteiger partial charge in [0.05, 0.1) is 29.7 Å². The zero-order valence-electron chi connectivity index (χ0n) is 16.5. The van der Waals surface area contributed by atoms with Crippen molar-refractivity contribution < 1.29 is 22.8 Å². The highest BCUT2D eigenvalue weighted by Gasteiger charge is 2.21. The minimum atomic E-state index is -3.66. The maximum absolute atomic E-state index is 12.9. The lowest BCUT2D eigenvalue weighted by Crippen LogP contribution is -2.35. The Morgan fingerprint density at radius 2 is 1.70 bits per heavy atom. The van der Waals surface area contributed by atoms with Crippen LogP contribution in [0.2, 0.25) is 0 Å². The molecular weight excluding hydrogens is 476 g/mol. The Kier molecular flexibility index (Phi) is 7.57. The van der Waals surface area contributed by atoms with Crippen LogP contribution >= 0.6 is 15.9 Å². The molecule has 0 unspecified atom stereocenters. The molecule has 0 aromatic heterocycles. The maximum Gasteiger partial charge on any atom is 0.256 e. The number of sulfonamides is 1. The number of benzene rings is 2. The van der Waals surface area contributed by atoms with E-state index in [2.05, 4.69) is 31.3 Å². The second-order valence-corrected chi connectivity index (χ2v) is 9.11. The van der Waals surface area contributed by atoms with Crippen molar-refractivity contribution in [2.75, 3.05) is 35.2 Å². The average molecular weight is 497 g/mol. The zero-order chi connectivity index (χ0) is 22.5. The van der Waals surface area contributed by atoms with Crippen molar-refractivity contribution in [3.05, 3.63) is 52.5 Å². The van der Waals surface area contributed by atoms with E-state index < -0.39 is 21.8 Å². The van der Waals surface area contributed by atoms with Crippen LogP contribution in [0.4, 0.5) is 17.1 Å². The minimum Gasteiger partial charge on any atom is -0.332 e. The Morgan fingerprint density at radius 3 is 2.30 bits per heavy atom. The normalized spacial score (nSPS) is 10.8. The Balaban J connectivity index is 2.24. The van der Waals surface area contributed by atoms with E-state index in [0.717, 1.165) is 11.2 Å². The van der Waals surface area contributed by atoms with E-state index >= 15 is 0 Å². The molecule has 160 valence electrons. The third-order valence-electron chi connectivity index (χ3n) is 3.74. The molecule has 0 saturated heterocycles. The first-order valence-electron chi connectivity index (χ1n) is 8.65. The van der Waals surface area contributed by atoms with Gasteiger partial charge >= 0.3 is 0 Å². The maximum atomic E-state index is 12.9. The van der Waals surface area contributed by atoms with Crippen LogP contribution in [-0.2, 0) is 19.6 Å². The highest BCUT2D eigenvalue weighted by molar-refractivity contribution is 9.10. The SMILES string of the molecule is CC(=O)Nc1ccc(NS(C)(=O)=O)c(C(=O)N(C)CC(=O)Nc2ccccc2Br)c1. The molecule has 0 fully saturated rings. The summed E-state index contributed by atoms with van der Waals surface area (Å²) in [4.78, 5) is 37.7. The van der Waals surface area contributed by atoms with Gasteiger partial charge in [0.25, 0.3) is 5.91 Å². The predicted octanol–water partition coefficient (Wildman–Crippen LogP) is 2.49. The highest BCUT2D eigenvalue weighted by atomic mass is 79.9. The molecular formula is C19H21BrN4O5S. The third kappa shape index (κ3) is 6.85. The van der Waals surface area contributed by atoms with Crippen molar-refractivity contribution in [1.29, 1.82) is 0 Å². The van der Waals surface area contributed by atoms with Crippen LogP contribution in [0.1, 0.15) is 17.3 Å². The Labute approximate surface area is 183 Å². The number of hydrogen-bond donors (Lipinski definition) is 3. The summed E-state index contributed by atoms with van der Waals surface area (Å²) >= 11 is 3.33. The van der Waals surface area contributed by atoms with Gasteiger partial charge in [0.2, 0.25) is 21.8 Å². The summed E-state index contributed by atoms with van der Waals surface area (Å²) in [6.45, 7) is 1.03. The molecule has 3 amide bonds. The van der Waals surface area contributed by atoms with Gasteiger partial charge in [0.15, 0.2) is 0 Å². The molecule has 0 spiro atoms. The van der Waals surface area contributed by atoms with E-state index in [9.17, 15) is 22.8 Å². The van der Waals surface area contributed by atoms with E-state index in [0.29, 0.717) is 15.8 Å². The number of likely N-dealkylation sites (N-methyl/N-ethyl adjacent to an activating group) is 1. The fourth-order valence-corrected chi connectivity index (χ4v) is 3.50. The van der Waals surface area contributed by atoms with Gasteiger partial charge in [-0.1, -0.05) is 12.1 Å². The number of rotatable bonds is 7. The number of carbonyl (C=O) groups excluding carboxylic acids is 3. The fraction of sp³-hybridized carbons (Fsp3) is 0.211. The molecule has 0 aliphatic heterocycles. The summed E-state index contributed by atoms with van der Waals surface area (Å²) < 4.78 is 26.3. The number of halogens is 1. The number of para-hydroxylation sites is 1. The predicted molar refractivity (Wildman–Crippen MR) is 119 cm³/mol. The fourth-order valence-electron chi connectivity index (χ4n) is 2.54.